The van der Waals surface area contributed by atoms with E-state index in [0.717, 1.165) is 30.7 Å². The molecule has 0 saturated carbocycles. The van der Waals surface area contributed by atoms with Crippen molar-refractivity contribution in [2.24, 2.45) is 0 Å². The molecule has 5 heteroatoms. The van der Waals surface area contributed by atoms with E-state index in [2.05, 4.69) is 17.2 Å². The number of benzene rings is 1. The van der Waals surface area contributed by atoms with Crippen molar-refractivity contribution in [3.8, 4) is 5.75 Å². The van der Waals surface area contributed by atoms with Crippen molar-refractivity contribution >= 4 is 5.91 Å². The number of hydrogen-bond acceptors (Lipinski definition) is 3. The van der Waals surface area contributed by atoms with Crippen LogP contribution < -0.4 is 10.1 Å². The monoisotopic (exact) mass is 287 g/mol. The van der Waals surface area contributed by atoms with Gasteiger partial charge in [0.05, 0.1) is 6.33 Å². The number of aromatic nitrogens is 2. The van der Waals surface area contributed by atoms with Crippen LogP contribution in [0.4, 0.5) is 0 Å². The van der Waals surface area contributed by atoms with Gasteiger partial charge >= 0.3 is 0 Å². The van der Waals surface area contributed by atoms with Crippen molar-refractivity contribution in [2.45, 2.75) is 26.3 Å². The van der Waals surface area contributed by atoms with Crippen LogP contribution in [0.5, 0.6) is 5.75 Å². The summed E-state index contributed by atoms with van der Waals surface area (Å²) in [6.07, 6.45) is 7.19. The summed E-state index contributed by atoms with van der Waals surface area (Å²) in [5.74, 6) is 0.695. The zero-order chi connectivity index (χ0) is 14.9. The fourth-order valence-corrected chi connectivity index (χ4v) is 2.04. The van der Waals surface area contributed by atoms with E-state index in [9.17, 15) is 4.79 Å². The van der Waals surface area contributed by atoms with Crippen LogP contribution in [0.2, 0.25) is 0 Å². The number of aryl methyl sites for hydroxylation is 2. The molecule has 1 N–H and O–H groups in total. The standard InChI is InChI=1S/C16H21N3O2/c1-2-14-6-3-4-7-15(14)21-12-16(20)18-8-5-10-19-11-9-17-13-19/h3-4,6-7,9,11,13H,2,5,8,10,12H2,1H3,(H,18,20). The predicted octanol–water partition coefficient (Wildman–Crippen LogP) is 2.03. The van der Waals surface area contributed by atoms with Crippen molar-refractivity contribution in [3.63, 3.8) is 0 Å². The van der Waals surface area contributed by atoms with Crippen molar-refractivity contribution in [1.82, 2.24) is 14.9 Å². The maximum atomic E-state index is 11.7. The molecule has 0 aliphatic carbocycles. The molecule has 1 amide bonds. The van der Waals surface area contributed by atoms with E-state index in [1.54, 1.807) is 12.5 Å². The molecule has 0 bridgehead atoms. The molecule has 0 unspecified atom stereocenters. The molecule has 0 spiro atoms. The fraction of sp³-hybridized carbons (Fsp3) is 0.375. The maximum absolute atomic E-state index is 11.7. The van der Waals surface area contributed by atoms with Gasteiger partial charge in [0, 0.05) is 25.5 Å². The Hall–Kier alpha value is -2.30. The summed E-state index contributed by atoms with van der Waals surface area (Å²) in [5.41, 5.74) is 1.12. The van der Waals surface area contributed by atoms with Crippen molar-refractivity contribution in [2.75, 3.05) is 13.2 Å². The smallest absolute Gasteiger partial charge is 0.257 e. The van der Waals surface area contributed by atoms with Gasteiger partial charge in [-0.15, -0.1) is 0 Å². The first kappa shape index (κ1) is 15.1. The van der Waals surface area contributed by atoms with Gasteiger partial charge in [0.15, 0.2) is 6.61 Å². The Bertz CT molecular complexity index is 552. The first-order valence-corrected chi connectivity index (χ1v) is 7.22. The summed E-state index contributed by atoms with van der Waals surface area (Å²) in [5, 5.41) is 2.86. The van der Waals surface area contributed by atoms with Gasteiger partial charge in [-0.3, -0.25) is 4.79 Å². The Morgan fingerprint density at radius 1 is 1.38 bits per heavy atom. The van der Waals surface area contributed by atoms with Crippen LogP contribution in [0, 0.1) is 0 Å². The van der Waals surface area contributed by atoms with Crippen molar-refractivity contribution in [1.29, 1.82) is 0 Å². The number of hydrogen-bond donors (Lipinski definition) is 1. The molecule has 0 aliphatic rings. The van der Waals surface area contributed by atoms with E-state index in [0.29, 0.717) is 6.54 Å². The number of carbonyl (C=O) groups is 1. The highest BCUT2D eigenvalue weighted by molar-refractivity contribution is 5.77. The first-order valence-electron chi connectivity index (χ1n) is 7.22. The van der Waals surface area contributed by atoms with Crippen LogP contribution in [-0.2, 0) is 17.8 Å². The number of imidazole rings is 1. The van der Waals surface area contributed by atoms with E-state index in [-0.39, 0.29) is 12.5 Å². The van der Waals surface area contributed by atoms with Crippen LogP contribution in [0.15, 0.2) is 43.0 Å². The molecule has 112 valence electrons. The third-order valence-corrected chi connectivity index (χ3v) is 3.19. The molecule has 2 aromatic rings. The van der Waals surface area contributed by atoms with Crippen LogP contribution in [-0.4, -0.2) is 28.6 Å². The highest BCUT2D eigenvalue weighted by Crippen LogP contribution is 2.17. The normalized spacial score (nSPS) is 10.3. The SMILES string of the molecule is CCc1ccccc1OCC(=O)NCCCn1ccnc1. The molecular weight excluding hydrogens is 266 g/mol. The number of nitrogens with zero attached hydrogens (tertiary/aromatic N) is 2. The van der Waals surface area contributed by atoms with Gasteiger partial charge in [-0.1, -0.05) is 25.1 Å². The molecule has 0 saturated heterocycles. The summed E-state index contributed by atoms with van der Waals surface area (Å²) in [6.45, 7) is 3.61. The average Bonchev–Trinajstić information content (AvgIpc) is 3.03. The van der Waals surface area contributed by atoms with E-state index < -0.39 is 0 Å². The summed E-state index contributed by atoms with van der Waals surface area (Å²) in [7, 11) is 0. The summed E-state index contributed by atoms with van der Waals surface area (Å²) in [6, 6.07) is 7.79. The minimum atomic E-state index is -0.0912. The molecule has 1 aromatic heterocycles. The maximum Gasteiger partial charge on any atom is 0.257 e. The summed E-state index contributed by atoms with van der Waals surface area (Å²) in [4.78, 5) is 15.7. The number of nitrogens with one attached hydrogen (secondary N) is 1. The Morgan fingerprint density at radius 2 is 2.24 bits per heavy atom. The quantitative estimate of drug-likeness (QED) is 0.756. The van der Waals surface area contributed by atoms with E-state index in [4.69, 9.17) is 4.74 Å². The van der Waals surface area contributed by atoms with Crippen LogP contribution in [0.25, 0.3) is 0 Å². The second-order valence-electron chi connectivity index (χ2n) is 4.75. The van der Waals surface area contributed by atoms with Crippen LogP contribution in [0.1, 0.15) is 18.9 Å². The molecule has 1 aromatic carbocycles. The summed E-state index contributed by atoms with van der Waals surface area (Å²) >= 11 is 0. The van der Waals surface area contributed by atoms with Gasteiger partial charge in [-0.25, -0.2) is 4.98 Å². The number of para-hydroxylation sites is 1. The number of carbonyl (C=O) groups excluding carboxylic acids is 1. The Labute approximate surface area is 125 Å². The molecule has 21 heavy (non-hydrogen) atoms. The molecule has 2 rings (SSSR count). The van der Waals surface area contributed by atoms with Crippen LogP contribution in [0.3, 0.4) is 0 Å². The minimum Gasteiger partial charge on any atom is -0.483 e. The predicted molar refractivity (Wildman–Crippen MR) is 81.2 cm³/mol. The summed E-state index contributed by atoms with van der Waals surface area (Å²) < 4.78 is 7.55. The second-order valence-corrected chi connectivity index (χ2v) is 4.75. The molecule has 5 nitrogen and oxygen atoms in total. The van der Waals surface area contributed by atoms with Gasteiger partial charge < -0.3 is 14.6 Å². The van der Waals surface area contributed by atoms with Crippen molar-refractivity contribution < 1.29 is 9.53 Å². The largest absolute Gasteiger partial charge is 0.483 e. The Kier molecular flexibility index (Phi) is 5.82. The van der Waals surface area contributed by atoms with Crippen molar-refractivity contribution in [3.05, 3.63) is 48.5 Å². The van der Waals surface area contributed by atoms with Gasteiger partial charge in [0.1, 0.15) is 5.75 Å². The van der Waals surface area contributed by atoms with E-state index in [1.807, 2.05) is 35.0 Å². The highest BCUT2D eigenvalue weighted by Gasteiger charge is 2.05. The van der Waals surface area contributed by atoms with Gasteiger partial charge in [-0.2, -0.15) is 0 Å². The third-order valence-electron chi connectivity index (χ3n) is 3.19. The lowest BCUT2D eigenvalue weighted by atomic mass is 10.1. The highest BCUT2D eigenvalue weighted by atomic mass is 16.5. The number of ether oxygens (including phenoxy) is 1. The minimum absolute atomic E-state index is 0.0576. The number of amides is 1. The van der Waals surface area contributed by atoms with Gasteiger partial charge in [0.25, 0.3) is 5.91 Å². The Morgan fingerprint density at radius 3 is 3.00 bits per heavy atom. The number of rotatable bonds is 8. The molecule has 0 atom stereocenters. The Balaban J connectivity index is 1.65. The molecule has 0 aliphatic heterocycles. The molecular formula is C16H21N3O2. The van der Waals surface area contributed by atoms with E-state index in [1.165, 1.54) is 0 Å². The zero-order valence-electron chi connectivity index (χ0n) is 12.3. The molecule has 0 fully saturated rings. The molecule has 0 radical (unpaired) electrons. The first-order chi connectivity index (χ1) is 10.3. The molecule has 1 heterocycles. The average molecular weight is 287 g/mol. The lowest BCUT2D eigenvalue weighted by molar-refractivity contribution is -0.123. The second kappa shape index (κ2) is 8.09. The third kappa shape index (κ3) is 4.95. The lowest BCUT2D eigenvalue weighted by Gasteiger charge is -2.10. The van der Waals surface area contributed by atoms with E-state index >= 15 is 0 Å². The fourth-order valence-electron chi connectivity index (χ4n) is 2.04. The zero-order valence-corrected chi connectivity index (χ0v) is 12.3. The lowest BCUT2D eigenvalue weighted by Crippen LogP contribution is -2.30. The topological polar surface area (TPSA) is 56.1 Å². The van der Waals surface area contributed by atoms with Gasteiger partial charge in [-0.05, 0) is 24.5 Å². The van der Waals surface area contributed by atoms with Crippen LogP contribution >= 0.6 is 0 Å². The van der Waals surface area contributed by atoms with Gasteiger partial charge in [0.2, 0.25) is 0 Å².